The van der Waals surface area contributed by atoms with Gasteiger partial charge >= 0.3 is 0 Å². The molecule has 1 heterocycles. The van der Waals surface area contributed by atoms with E-state index in [-0.39, 0.29) is 5.69 Å². The maximum absolute atomic E-state index is 12.3. The summed E-state index contributed by atoms with van der Waals surface area (Å²) in [6.07, 6.45) is 1.45. The number of rotatable bonds is 7. The van der Waals surface area contributed by atoms with Crippen LogP contribution < -0.4 is 10.2 Å². The van der Waals surface area contributed by atoms with Crippen LogP contribution in [0.4, 0.5) is 0 Å². The van der Waals surface area contributed by atoms with Gasteiger partial charge in [-0.2, -0.15) is 10.2 Å². The Bertz CT molecular complexity index is 1240. The predicted octanol–water partition coefficient (Wildman–Crippen LogP) is 5.73. The largest absolute Gasteiger partial charge is 0.489 e. The molecule has 0 saturated carbocycles. The molecule has 1 aromatic heterocycles. The number of benzene rings is 3. The Kier molecular flexibility index (Phi) is 6.84. The first kappa shape index (κ1) is 21.6. The third-order valence-corrected chi connectivity index (χ3v) is 5.12. The van der Waals surface area contributed by atoms with Crippen LogP contribution in [0.5, 0.6) is 5.75 Å². The molecule has 0 aliphatic carbocycles. The van der Waals surface area contributed by atoms with Crippen molar-refractivity contribution in [2.45, 2.75) is 6.61 Å². The highest BCUT2D eigenvalue weighted by Crippen LogP contribution is 2.22. The molecule has 0 unspecified atom stereocenters. The Labute approximate surface area is 194 Å². The summed E-state index contributed by atoms with van der Waals surface area (Å²) in [5, 5.41) is 11.8. The molecule has 0 fully saturated rings. The van der Waals surface area contributed by atoms with Crippen molar-refractivity contribution in [2.24, 2.45) is 5.10 Å². The molecule has 0 bridgehead atoms. The van der Waals surface area contributed by atoms with Crippen LogP contribution in [0.1, 0.15) is 21.6 Å². The maximum Gasteiger partial charge on any atom is 0.289 e. The lowest BCUT2D eigenvalue weighted by Gasteiger charge is -2.06. The van der Waals surface area contributed by atoms with E-state index in [1.807, 2.05) is 54.6 Å². The van der Waals surface area contributed by atoms with Crippen molar-refractivity contribution in [2.75, 3.05) is 0 Å². The summed E-state index contributed by atoms with van der Waals surface area (Å²) in [5.74, 6) is 0.328. The Balaban J connectivity index is 1.35. The highest BCUT2D eigenvalue weighted by molar-refractivity contribution is 6.36. The monoisotopic (exact) mass is 464 g/mol. The number of nitrogens with one attached hydrogen (secondary N) is 2. The summed E-state index contributed by atoms with van der Waals surface area (Å²) in [6, 6.07) is 24.1. The van der Waals surface area contributed by atoms with Gasteiger partial charge in [0, 0.05) is 16.1 Å². The van der Waals surface area contributed by atoms with E-state index < -0.39 is 5.91 Å². The zero-order valence-electron chi connectivity index (χ0n) is 16.8. The second-order valence-corrected chi connectivity index (χ2v) is 7.67. The molecule has 2 N–H and O–H groups in total. The zero-order valence-corrected chi connectivity index (χ0v) is 18.3. The lowest BCUT2D eigenvalue weighted by atomic mass is 10.1. The van der Waals surface area contributed by atoms with Gasteiger partial charge in [-0.1, -0.05) is 59.6 Å². The number of carbonyl (C=O) groups excluding carboxylic acids is 1. The highest BCUT2D eigenvalue weighted by atomic mass is 35.5. The van der Waals surface area contributed by atoms with Crippen LogP contribution in [0.2, 0.25) is 10.0 Å². The molecule has 8 heteroatoms. The number of nitrogens with zero attached hydrogens (tertiary/aromatic N) is 2. The number of aromatic amines is 1. The van der Waals surface area contributed by atoms with E-state index in [1.54, 1.807) is 24.3 Å². The smallest absolute Gasteiger partial charge is 0.289 e. The Morgan fingerprint density at radius 3 is 2.56 bits per heavy atom. The van der Waals surface area contributed by atoms with Gasteiger partial charge in [0.2, 0.25) is 0 Å². The second kappa shape index (κ2) is 10.1. The van der Waals surface area contributed by atoms with Crippen LogP contribution in [0.3, 0.4) is 0 Å². The molecular formula is C24H18Cl2N4O2. The molecule has 0 aliphatic rings. The van der Waals surface area contributed by atoms with Crippen LogP contribution in [-0.4, -0.2) is 22.3 Å². The molecule has 4 rings (SSSR count). The van der Waals surface area contributed by atoms with Crippen LogP contribution in [0, 0.1) is 0 Å². The molecule has 0 aliphatic heterocycles. The van der Waals surface area contributed by atoms with Gasteiger partial charge in [0.1, 0.15) is 18.1 Å². The van der Waals surface area contributed by atoms with Crippen molar-refractivity contribution >= 4 is 35.3 Å². The summed E-state index contributed by atoms with van der Waals surface area (Å²) in [7, 11) is 0. The van der Waals surface area contributed by atoms with E-state index in [2.05, 4.69) is 20.7 Å². The summed E-state index contributed by atoms with van der Waals surface area (Å²) < 4.78 is 5.80. The summed E-state index contributed by atoms with van der Waals surface area (Å²) in [4.78, 5) is 12.3. The van der Waals surface area contributed by atoms with E-state index in [4.69, 9.17) is 27.9 Å². The molecule has 0 spiro atoms. The fourth-order valence-electron chi connectivity index (χ4n) is 2.88. The van der Waals surface area contributed by atoms with Crippen molar-refractivity contribution < 1.29 is 9.53 Å². The number of hydrogen-bond acceptors (Lipinski definition) is 4. The van der Waals surface area contributed by atoms with Crippen molar-refractivity contribution in [1.82, 2.24) is 15.6 Å². The number of H-pyrrole nitrogens is 1. The molecule has 4 aromatic rings. The predicted molar refractivity (Wildman–Crippen MR) is 126 cm³/mol. The Hall–Kier alpha value is -3.61. The minimum atomic E-state index is -0.423. The highest BCUT2D eigenvalue weighted by Gasteiger charge is 2.11. The van der Waals surface area contributed by atoms with E-state index in [0.29, 0.717) is 27.9 Å². The molecular weight excluding hydrogens is 447 g/mol. The van der Waals surface area contributed by atoms with Gasteiger partial charge in [-0.25, -0.2) is 5.43 Å². The average molecular weight is 465 g/mol. The first-order valence-electron chi connectivity index (χ1n) is 9.69. The van der Waals surface area contributed by atoms with Crippen LogP contribution in [0.25, 0.3) is 11.3 Å². The summed E-state index contributed by atoms with van der Waals surface area (Å²) in [5.41, 5.74) is 5.94. The molecule has 3 aromatic carbocycles. The minimum absolute atomic E-state index is 0.281. The summed E-state index contributed by atoms with van der Waals surface area (Å²) >= 11 is 11.9. The van der Waals surface area contributed by atoms with E-state index in [1.165, 1.54) is 6.21 Å². The number of halogens is 2. The fraction of sp³-hybridized carbons (Fsp3) is 0.0417. The quantitative estimate of drug-likeness (QED) is 0.270. The molecule has 0 atom stereocenters. The standard InChI is InChI=1S/C24H18Cl2N4O2/c25-19-9-6-18(21(26)12-19)14-27-30-24(31)23-13-22(28-29-23)17-7-10-20(11-8-17)32-15-16-4-2-1-3-5-16/h1-14H,15H2,(H,28,29)(H,30,31)/b27-14-. The van der Waals surface area contributed by atoms with Crippen molar-refractivity contribution in [3.05, 3.63) is 106 Å². The van der Waals surface area contributed by atoms with Crippen molar-refractivity contribution in [3.63, 3.8) is 0 Å². The Morgan fingerprint density at radius 2 is 1.81 bits per heavy atom. The van der Waals surface area contributed by atoms with Gasteiger partial charge < -0.3 is 4.74 Å². The first-order valence-corrected chi connectivity index (χ1v) is 10.4. The van der Waals surface area contributed by atoms with Gasteiger partial charge in [-0.15, -0.1) is 0 Å². The topological polar surface area (TPSA) is 79.4 Å². The number of carbonyl (C=O) groups is 1. The number of hydrazone groups is 1. The lowest BCUT2D eigenvalue weighted by Crippen LogP contribution is -2.18. The van der Waals surface area contributed by atoms with Gasteiger partial charge in [0.25, 0.3) is 5.91 Å². The third kappa shape index (κ3) is 5.55. The number of hydrogen-bond donors (Lipinski definition) is 2. The Morgan fingerprint density at radius 1 is 1.03 bits per heavy atom. The van der Waals surface area contributed by atoms with Crippen molar-refractivity contribution in [3.8, 4) is 17.0 Å². The second-order valence-electron chi connectivity index (χ2n) is 6.83. The van der Waals surface area contributed by atoms with E-state index >= 15 is 0 Å². The van der Waals surface area contributed by atoms with Gasteiger partial charge in [-0.3, -0.25) is 9.89 Å². The van der Waals surface area contributed by atoms with Gasteiger partial charge in [-0.05, 0) is 48.0 Å². The van der Waals surface area contributed by atoms with Gasteiger partial charge in [0.15, 0.2) is 0 Å². The maximum atomic E-state index is 12.3. The molecule has 32 heavy (non-hydrogen) atoms. The van der Waals surface area contributed by atoms with Crippen LogP contribution in [0.15, 0.2) is 84.0 Å². The minimum Gasteiger partial charge on any atom is -0.489 e. The molecule has 0 saturated heterocycles. The van der Waals surface area contributed by atoms with Crippen LogP contribution >= 0.6 is 23.2 Å². The third-order valence-electron chi connectivity index (χ3n) is 4.55. The number of aromatic nitrogens is 2. The molecule has 1 amide bonds. The fourth-order valence-corrected chi connectivity index (χ4v) is 3.33. The van der Waals surface area contributed by atoms with E-state index in [9.17, 15) is 4.79 Å². The average Bonchev–Trinajstić information content (AvgIpc) is 3.31. The first-order chi connectivity index (χ1) is 15.6. The number of ether oxygens (including phenoxy) is 1. The zero-order chi connectivity index (χ0) is 22.3. The lowest BCUT2D eigenvalue weighted by molar-refractivity contribution is 0.0950. The van der Waals surface area contributed by atoms with E-state index in [0.717, 1.165) is 16.9 Å². The summed E-state index contributed by atoms with van der Waals surface area (Å²) in [6.45, 7) is 0.495. The van der Waals surface area contributed by atoms with Crippen molar-refractivity contribution in [1.29, 1.82) is 0 Å². The normalized spacial score (nSPS) is 10.9. The SMILES string of the molecule is O=C(N/N=C\c1ccc(Cl)cc1Cl)c1cc(-c2ccc(OCc3ccccc3)cc2)n[nH]1. The molecule has 160 valence electrons. The number of amides is 1. The molecule has 0 radical (unpaired) electrons. The van der Waals surface area contributed by atoms with Crippen LogP contribution in [-0.2, 0) is 6.61 Å². The molecule has 6 nitrogen and oxygen atoms in total. The van der Waals surface area contributed by atoms with Gasteiger partial charge in [0.05, 0.1) is 16.9 Å².